The highest BCUT2D eigenvalue weighted by atomic mass is 32.2. The standard InChI is InChI=1S/C24H25NO3S/c1-2-29(27)23-15-9-8-14-22(23)24(26)25-16-20-12-6-7-13-21(20)18-28-17-19-10-4-3-5-11-19/h3-15H,2,16-18H2,1H3,(H,25,26). The van der Waals surface area contributed by atoms with E-state index in [2.05, 4.69) is 5.32 Å². The molecule has 0 aliphatic rings. The number of hydrogen-bond donors (Lipinski definition) is 1. The van der Waals surface area contributed by atoms with Crippen molar-refractivity contribution < 1.29 is 13.7 Å². The number of hydrogen-bond acceptors (Lipinski definition) is 3. The number of rotatable bonds is 9. The maximum absolute atomic E-state index is 12.7. The van der Waals surface area contributed by atoms with Gasteiger partial charge in [-0.1, -0.05) is 73.7 Å². The molecule has 1 unspecified atom stereocenters. The van der Waals surface area contributed by atoms with E-state index in [1.807, 2.05) is 61.5 Å². The first-order valence-corrected chi connectivity index (χ1v) is 10.9. The summed E-state index contributed by atoms with van der Waals surface area (Å²) in [5, 5.41) is 2.95. The summed E-state index contributed by atoms with van der Waals surface area (Å²) in [5.41, 5.74) is 3.63. The number of amides is 1. The normalized spacial score (nSPS) is 11.8. The van der Waals surface area contributed by atoms with Crippen LogP contribution in [0.5, 0.6) is 0 Å². The second-order valence-corrected chi connectivity index (χ2v) is 8.27. The fraction of sp³-hybridized carbons (Fsp3) is 0.208. The number of nitrogens with one attached hydrogen (secondary N) is 1. The Bertz CT molecular complexity index is 973. The van der Waals surface area contributed by atoms with E-state index in [9.17, 15) is 9.00 Å². The van der Waals surface area contributed by atoms with E-state index >= 15 is 0 Å². The summed E-state index contributed by atoms with van der Waals surface area (Å²) in [5.74, 6) is 0.258. The summed E-state index contributed by atoms with van der Waals surface area (Å²) in [4.78, 5) is 13.3. The van der Waals surface area contributed by atoms with Crippen molar-refractivity contribution in [1.29, 1.82) is 0 Å². The van der Waals surface area contributed by atoms with Crippen LogP contribution in [0.2, 0.25) is 0 Å². The predicted molar refractivity (Wildman–Crippen MR) is 116 cm³/mol. The SMILES string of the molecule is CCS(=O)c1ccccc1C(=O)NCc1ccccc1COCc1ccccc1. The van der Waals surface area contributed by atoms with Crippen molar-refractivity contribution >= 4 is 16.7 Å². The topological polar surface area (TPSA) is 55.4 Å². The highest BCUT2D eigenvalue weighted by Crippen LogP contribution is 2.15. The van der Waals surface area contributed by atoms with Gasteiger partial charge < -0.3 is 10.1 Å². The predicted octanol–water partition coefficient (Wildman–Crippen LogP) is 4.46. The molecule has 1 N–H and O–H groups in total. The third-order valence-corrected chi connectivity index (χ3v) is 5.94. The van der Waals surface area contributed by atoms with Gasteiger partial charge in [0, 0.05) is 12.3 Å². The van der Waals surface area contributed by atoms with Crippen LogP contribution in [0.3, 0.4) is 0 Å². The average Bonchev–Trinajstić information content (AvgIpc) is 2.78. The van der Waals surface area contributed by atoms with E-state index in [1.165, 1.54) is 0 Å². The Hall–Kier alpha value is -2.76. The second kappa shape index (κ2) is 10.7. The molecule has 3 aromatic rings. The Labute approximate surface area is 174 Å². The summed E-state index contributed by atoms with van der Waals surface area (Å²) in [7, 11) is -1.18. The molecule has 3 rings (SSSR count). The van der Waals surface area contributed by atoms with E-state index in [0.29, 0.717) is 36.0 Å². The van der Waals surface area contributed by atoms with Crippen molar-refractivity contribution in [2.24, 2.45) is 0 Å². The van der Waals surface area contributed by atoms with Crippen molar-refractivity contribution in [3.05, 3.63) is 101 Å². The van der Waals surface area contributed by atoms with Gasteiger partial charge in [0.1, 0.15) is 0 Å². The van der Waals surface area contributed by atoms with E-state index in [1.54, 1.807) is 24.3 Å². The molecule has 4 nitrogen and oxygen atoms in total. The zero-order valence-corrected chi connectivity index (χ0v) is 17.3. The fourth-order valence-corrected chi connectivity index (χ4v) is 3.95. The molecule has 0 spiro atoms. The van der Waals surface area contributed by atoms with Gasteiger partial charge in [-0.15, -0.1) is 0 Å². The van der Waals surface area contributed by atoms with E-state index in [0.717, 1.165) is 16.7 Å². The first-order valence-electron chi connectivity index (χ1n) is 9.63. The Morgan fingerprint density at radius 1 is 0.862 bits per heavy atom. The molecule has 0 radical (unpaired) electrons. The van der Waals surface area contributed by atoms with Gasteiger partial charge in [-0.3, -0.25) is 9.00 Å². The lowest BCUT2D eigenvalue weighted by molar-refractivity contribution is 0.0944. The lowest BCUT2D eigenvalue weighted by atomic mass is 10.1. The molecule has 150 valence electrons. The minimum atomic E-state index is -1.18. The van der Waals surface area contributed by atoms with Crippen molar-refractivity contribution in [1.82, 2.24) is 5.32 Å². The number of carbonyl (C=O) groups excluding carboxylic acids is 1. The molecule has 29 heavy (non-hydrogen) atoms. The molecular weight excluding hydrogens is 382 g/mol. The first kappa shape index (κ1) is 21.0. The van der Waals surface area contributed by atoms with Crippen LogP contribution in [0.15, 0.2) is 83.8 Å². The summed E-state index contributed by atoms with van der Waals surface area (Å²) in [6.45, 7) is 3.24. The maximum atomic E-state index is 12.7. The fourth-order valence-electron chi connectivity index (χ4n) is 3.00. The molecule has 1 atom stereocenters. The lowest BCUT2D eigenvalue weighted by Crippen LogP contribution is -2.25. The van der Waals surface area contributed by atoms with Crippen molar-refractivity contribution in [3.63, 3.8) is 0 Å². The van der Waals surface area contributed by atoms with Gasteiger partial charge in [-0.25, -0.2) is 0 Å². The van der Waals surface area contributed by atoms with Crippen molar-refractivity contribution in [2.45, 2.75) is 31.6 Å². The number of benzene rings is 3. The maximum Gasteiger partial charge on any atom is 0.252 e. The highest BCUT2D eigenvalue weighted by molar-refractivity contribution is 7.85. The minimum absolute atomic E-state index is 0.220. The molecule has 3 aromatic carbocycles. The van der Waals surface area contributed by atoms with Gasteiger partial charge in [0.2, 0.25) is 0 Å². The van der Waals surface area contributed by atoms with Gasteiger partial charge in [-0.2, -0.15) is 0 Å². The molecule has 0 heterocycles. The van der Waals surface area contributed by atoms with Crippen LogP contribution in [-0.4, -0.2) is 15.9 Å². The highest BCUT2D eigenvalue weighted by Gasteiger charge is 2.14. The van der Waals surface area contributed by atoms with E-state index in [-0.39, 0.29) is 5.91 Å². The zero-order chi connectivity index (χ0) is 20.5. The molecule has 5 heteroatoms. The van der Waals surface area contributed by atoms with E-state index < -0.39 is 10.8 Å². The Morgan fingerprint density at radius 3 is 2.28 bits per heavy atom. The Kier molecular flexibility index (Phi) is 7.73. The van der Waals surface area contributed by atoms with Crippen molar-refractivity contribution in [2.75, 3.05) is 5.75 Å². The Balaban J connectivity index is 1.63. The average molecular weight is 408 g/mol. The molecule has 0 aliphatic heterocycles. The van der Waals surface area contributed by atoms with Crippen LogP contribution < -0.4 is 5.32 Å². The van der Waals surface area contributed by atoms with Gasteiger partial charge in [0.15, 0.2) is 0 Å². The molecule has 0 saturated heterocycles. The quantitative estimate of drug-likeness (QED) is 0.570. The first-order chi connectivity index (χ1) is 14.2. The monoisotopic (exact) mass is 407 g/mol. The van der Waals surface area contributed by atoms with Crippen LogP contribution >= 0.6 is 0 Å². The summed E-state index contributed by atoms with van der Waals surface area (Å²) in [6, 6.07) is 25.0. The largest absolute Gasteiger partial charge is 0.372 e. The molecule has 1 amide bonds. The Morgan fingerprint density at radius 2 is 1.52 bits per heavy atom. The van der Waals surface area contributed by atoms with Crippen LogP contribution in [-0.2, 0) is 35.3 Å². The van der Waals surface area contributed by atoms with Gasteiger partial charge >= 0.3 is 0 Å². The third-order valence-electron chi connectivity index (χ3n) is 4.57. The zero-order valence-electron chi connectivity index (χ0n) is 16.5. The summed E-state index contributed by atoms with van der Waals surface area (Å²) >= 11 is 0. The number of ether oxygens (including phenoxy) is 1. The molecule has 0 saturated carbocycles. The minimum Gasteiger partial charge on any atom is -0.372 e. The number of carbonyl (C=O) groups is 1. The van der Waals surface area contributed by atoms with Crippen LogP contribution in [0.25, 0.3) is 0 Å². The van der Waals surface area contributed by atoms with Crippen LogP contribution in [0, 0.1) is 0 Å². The molecule has 0 bridgehead atoms. The third kappa shape index (κ3) is 5.86. The van der Waals surface area contributed by atoms with Crippen LogP contribution in [0.1, 0.15) is 34.0 Å². The second-order valence-electron chi connectivity index (χ2n) is 6.56. The van der Waals surface area contributed by atoms with Crippen molar-refractivity contribution in [3.8, 4) is 0 Å². The van der Waals surface area contributed by atoms with Gasteiger partial charge in [0.25, 0.3) is 5.91 Å². The summed E-state index contributed by atoms with van der Waals surface area (Å²) in [6.07, 6.45) is 0. The molecule has 0 fully saturated rings. The van der Waals surface area contributed by atoms with E-state index in [4.69, 9.17) is 4.74 Å². The van der Waals surface area contributed by atoms with Gasteiger partial charge in [-0.05, 0) is 28.8 Å². The molecule has 0 aromatic heterocycles. The molecular formula is C24H25NO3S. The van der Waals surface area contributed by atoms with Crippen LogP contribution in [0.4, 0.5) is 0 Å². The van der Waals surface area contributed by atoms with Gasteiger partial charge in [0.05, 0.1) is 34.5 Å². The summed E-state index contributed by atoms with van der Waals surface area (Å²) < 4.78 is 18.1. The molecule has 0 aliphatic carbocycles. The lowest BCUT2D eigenvalue weighted by Gasteiger charge is -2.13. The smallest absolute Gasteiger partial charge is 0.252 e.